The quantitative estimate of drug-likeness (QED) is 0.516. The SMILES string of the molecule is Cc1ccsc1-c1cc(-c2ccccn2)nc(-c2ccccn2)c1. The smallest absolute Gasteiger partial charge is 0.0900 e. The number of nitrogens with zero attached hydrogens (tertiary/aromatic N) is 3. The molecule has 3 nitrogen and oxygen atoms in total. The minimum Gasteiger partial charge on any atom is -0.255 e. The molecule has 0 atom stereocenters. The summed E-state index contributed by atoms with van der Waals surface area (Å²) in [4.78, 5) is 14.9. The number of hydrogen-bond acceptors (Lipinski definition) is 4. The third kappa shape index (κ3) is 2.84. The normalized spacial score (nSPS) is 10.7. The molecule has 0 saturated carbocycles. The van der Waals surface area contributed by atoms with E-state index < -0.39 is 0 Å². The van der Waals surface area contributed by atoms with Gasteiger partial charge in [0.25, 0.3) is 0 Å². The Morgan fingerprint density at radius 3 is 1.83 bits per heavy atom. The van der Waals surface area contributed by atoms with Crippen molar-refractivity contribution >= 4 is 11.3 Å². The lowest BCUT2D eigenvalue weighted by molar-refractivity contribution is 1.22. The van der Waals surface area contributed by atoms with Crippen LogP contribution in [0.15, 0.2) is 72.4 Å². The monoisotopic (exact) mass is 329 g/mol. The molecule has 0 aliphatic carbocycles. The van der Waals surface area contributed by atoms with Crippen LogP contribution in [0.3, 0.4) is 0 Å². The van der Waals surface area contributed by atoms with Crippen LogP contribution < -0.4 is 0 Å². The van der Waals surface area contributed by atoms with Gasteiger partial charge in [-0.25, -0.2) is 4.98 Å². The van der Waals surface area contributed by atoms with Crippen molar-refractivity contribution in [3.63, 3.8) is 0 Å². The summed E-state index contributed by atoms with van der Waals surface area (Å²) in [5.41, 5.74) is 5.88. The molecule has 4 heteroatoms. The van der Waals surface area contributed by atoms with Crippen LogP contribution >= 0.6 is 11.3 Å². The summed E-state index contributed by atoms with van der Waals surface area (Å²) in [6, 6.07) is 18.1. The second kappa shape index (κ2) is 6.34. The maximum absolute atomic E-state index is 4.79. The summed E-state index contributed by atoms with van der Waals surface area (Å²) in [6.45, 7) is 2.13. The van der Waals surface area contributed by atoms with Crippen molar-refractivity contribution in [1.29, 1.82) is 0 Å². The molecule has 0 aliphatic rings. The van der Waals surface area contributed by atoms with Crippen molar-refractivity contribution in [3.05, 3.63) is 77.9 Å². The van der Waals surface area contributed by atoms with E-state index in [0.29, 0.717) is 0 Å². The van der Waals surface area contributed by atoms with E-state index in [4.69, 9.17) is 4.98 Å². The first-order valence-electron chi connectivity index (χ1n) is 7.70. The summed E-state index contributed by atoms with van der Waals surface area (Å²) < 4.78 is 0. The Labute approximate surface area is 144 Å². The maximum Gasteiger partial charge on any atom is 0.0900 e. The van der Waals surface area contributed by atoms with Gasteiger partial charge in [-0.15, -0.1) is 11.3 Å². The molecule has 0 radical (unpaired) electrons. The second-order valence-corrected chi connectivity index (χ2v) is 6.41. The van der Waals surface area contributed by atoms with Crippen molar-refractivity contribution in [2.45, 2.75) is 6.92 Å². The third-order valence-electron chi connectivity index (χ3n) is 3.80. The van der Waals surface area contributed by atoms with Crippen LogP contribution in [-0.4, -0.2) is 15.0 Å². The minimum absolute atomic E-state index is 0.863. The van der Waals surface area contributed by atoms with E-state index in [1.807, 2.05) is 36.4 Å². The van der Waals surface area contributed by atoms with E-state index in [9.17, 15) is 0 Å². The standard InChI is InChI=1S/C20H15N3S/c1-14-8-11-24-20(14)15-12-18(16-6-2-4-9-21-16)23-19(13-15)17-7-3-5-10-22-17/h2-13H,1H3. The fraction of sp³-hybridized carbons (Fsp3) is 0.0500. The minimum atomic E-state index is 0.863. The Morgan fingerprint density at radius 2 is 1.38 bits per heavy atom. The molecule has 116 valence electrons. The van der Waals surface area contributed by atoms with E-state index >= 15 is 0 Å². The van der Waals surface area contributed by atoms with Crippen molar-refractivity contribution in [2.24, 2.45) is 0 Å². The first kappa shape index (κ1) is 14.7. The Hall–Kier alpha value is -2.85. The van der Waals surface area contributed by atoms with Gasteiger partial charge in [-0.1, -0.05) is 12.1 Å². The maximum atomic E-state index is 4.79. The molecule has 0 bridgehead atoms. The van der Waals surface area contributed by atoms with Gasteiger partial charge in [0, 0.05) is 17.3 Å². The lowest BCUT2D eigenvalue weighted by atomic mass is 10.1. The summed E-state index contributed by atoms with van der Waals surface area (Å²) in [7, 11) is 0. The van der Waals surface area contributed by atoms with Gasteiger partial charge in [0.1, 0.15) is 0 Å². The molecule has 0 saturated heterocycles. The Balaban J connectivity index is 1.93. The van der Waals surface area contributed by atoms with E-state index in [1.54, 1.807) is 23.7 Å². The van der Waals surface area contributed by atoms with E-state index in [2.05, 4.69) is 40.5 Å². The molecule has 4 aromatic heterocycles. The van der Waals surface area contributed by atoms with Crippen LogP contribution in [0.2, 0.25) is 0 Å². The molecule has 24 heavy (non-hydrogen) atoms. The number of hydrogen-bond donors (Lipinski definition) is 0. The average molecular weight is 329 g/mol. The topological polar surface area (TPSA) is 38.7 Å². The van der Waals surface area contributed by atoms with Crippen LogP contribution in [-0.2, 0) is 0 Å². The predicted molar refractivity (Wildman–Crippen MR) is 98.7 cm³/mol. The molecule has 0 spiro atoms. The van der Waals surface area contributed by atoms with E-state index in [0.717, 1.165) is 28.3 Å². The highest BCUT2D eigenvalue weighted by atomic mass is 32.1. The zero-order valence-corrected chi connectivity index (χ0v) is 14.0. The van der Waals surface area contributed by atoms with E-state index in [-0.39, 0.29) is 0 Å². The number of aryl methyl sites for hydroxylation is 1. The van der Waals surface area contributed by atoms with Gasteiger partial charge in [0.15, 0.2) is 0 Å². The van der Waals surface area contributed by atoms with Crippen LogP contribution in [0.4, 0.5) is 0 Å². The van der Waals surface area contributed by atoms with Gasteiger partial charge in [-0.3, -0.25) is 9.97 Å². The van der Waals surface area contributed by atoms with Crippen LogP contribution in [0, 0.1) is 6.92 Å². The highest BCUT2D eigenvalue weighted by Gasteiger charge is 2.12. The average Bonchev–Trinajstić information content (AvgIpc) is 3.09. The fourth-order valence-electron chi connectivity index (χ4n) is 2.62. The largest absolute Gasteiger partial charge is 0.255 e. The summed E-state index contributed by atoms with van der Waals surface area (Å²) in [5, 5.41) is 2.12. The van der Waals surface area contributed by atoms with Gasteiger partial charge in [-0.05, 0) is 65.9 Å². The summed E-state index contributed by atoms with van der Waals surface area (Å²) >= 11 is 1.74. The van der Waals surface area contributed by atoms with Gasteiger partial charge in [0.05, 0.1) is 22.8 Å². The van der Waals surface area contributed by atoms with Gasteiger partial charge in [-0.2, -0.15) is 0 Å². The number of rotatable bonds is 3. The molecule has 0 aromatic carbocycles. The summed E-state index contributed by atoms with van der Waals surface area (Å²) in [5.74, 6) is 0. The molecular formula is C20H15N3S. The highest BCUT2D eigenvalue weighted by Crippen LogP contribution is 2.33. The molecule has 0 amide bonds. The van der Waals surface area contributed by atoms with Crippen molar-refractivity contribution < 1.29 is 0 Å². The first-order chi connectivity index (χ1) is 11.8. The second-order valence-electron chi connectivity index (χ2n) is 5.49. The molecule has 0 unspecified atom stereocenters. The number of pyridine rings is 3. The molecule has 0 aliphatic heterocycles. The van der Waals surface area contributed by atoms with Crippen molar-refractivity contribution in [1.82, 2.24) is 15.0 Å². The van der Waals surface area contributed by atoms with Gasteiger partial charge >= 0.3 is 0 Å². The Bertz CT molecular complexity index is 905. The molecule has 4 heterocycles. The van der Waals surface area contributed by atoms with Crippen LogP contribution in [0.25, 0.3) is 33.2 Å². The predicted octanol–water partition coefficient (Wildman–Crippen LogP) is 5.24. The first-order valence-corrected chi connectivity index (χ1v) is 8.58. The molecule has 4 aromatic rings. The number of aromatic nitrogens is 3. The van der Waals surface area contributed by atoms with E-state index in [1.165, 1.54) is 10.4 Å². The molecular weight excluding hydrogens is 314 g/mol. The Kier molecular flexibility index (Phi) is 3.89. The van der Waals surface area contributed by atoms with Crippen LogP contribution in [0.1, 0.15) is 5.56 Å². The van der Waals surface area contributed by atoms with Gasteiger partial charge in [0.2, 0.25) is 0 Å². The highest BCUT2D eigenvalue weighted by molar-refractivity contribution is 7.13. The lowest BCUT2D eigenvalue weighted by Gasteiger charge is -2.08. The molecule has 0 fully saturated rings. The van der Waals surface area contributed by atoms with Crippen molar-refractivity contribution in [3.8, 4) is 33.2 Å². The van der Waals surface area contributed by atoms with Crippen molar-refractivity contribution in [2.75, 3.05) is 0 Å². The number of thiophene rings is 1. The van der Waals surface area contributed by atoms with Crippen LogP contribution in [0.5, 0.6) is 0 Å². The summed E-state index contributed by atoms with van der Waals surface area (Å²) in [6.07, 6.45) is 3.58. The zero-order valence-electron chi connectivity index (χ0n) is 13.2. The zero-order chi connectivity index (χ0) is 16.4. The van der Waals surface area contributed by atoms with Gasteiger partial charge < -0.3 is 0 Å². The molecule has 0 N–H and O–H groups in total. The third-order valence-corrected chi connectivity index (χ3v) is 4.87. The fourth-order valence-corrected chi connectivity index (χ4v) is 3.54. The molecule has 4 rings (SSSR count). The Morgan fingerprint density at radius 1 is 0.750 bits per heavy atom. The lowest BCUT2D eigenvalue weighted by Crippen LogP contribution is -1.93.